The average molecular weight is 450 g/mol. The molecule has 11 heteroatoms. The fourth-order valence-corrected chi connectivity index (χ4v) is 4.79. The van der Waals surface area contributed by atoms with Gasteiger partial charge >= 0.3 is 5.97 Å². The molecular weight excluding hydrogens is 430 g/mol. The Hall–Kier alpha value is -2.37. The highest BCUT2D eigenvalue weighted by Gasteiger charge is 2.17. The molecule has 29 heavy (non-hydrogen) atoms. The van der Waals surface area contributed by atoms with Crippen molar-refractivity contribution >= 4 is 51.4 Å². The quantitative estimate of drug-likeness (QED) is 0.428. The highest BCUT2D eigenvalue weighted by molar-refractivity contribution is 7.99. The molecule has 3 aromatic rings. The van der Waals surface area contributed by atoms with Crippen LogP contribution in [0, 0.1) is 20.8 Å². The zero-order chi connectivity index (χ0) is 21.0. The summed E-state index contributed by atoms with van der Waals surface area (Å²) in [5.74, 6) is -0.516. The highest BCUT2D eigenvalue weighted by Crippen LogP contribution is 2.28. The number of nitrogens with zero attached hydrogens (tertiary/aromatic N) is 4. The molecule has 0 aliphatic carbocycles. The predicted octanol–water partition coefficient (Wildman–Crippen LogP) is 3.89. The van der Waals surface area contributed by atoms with E-state index in [2.05, 4.69) is 25.5 Å². The van der Waals surface area contributed by atoms with E-state index in [-0.39, 0.29) is 18.3 Å². The predicted molar refractivity (Wildman–Crippen MR) is 115 cm³/mol. The number of carbonyl (C=O) groups is 2. The number of rotatable bonds is 7. The van der Waals surface area contributed by atoms with Gasteiger partial charge in [0, 0.05) is 0 Å². The van der Waals surface area contributed by atoms with E-state index in [0.29, 0.717) is 20.7 Å². The summed E-state index contributed by atoms with van der Waals surface area (Å²) >= 11 is 3.95. The average Bonchev–Trinajstić information content (AvgIpc) is 3.21. The van der Waals surface area contributed by atoms with E-state index >= 15 is 0 Å². The number of nitrogens with one attached hydrogen (secondary N) is 1. The van der Waals surface area contributed by atoms with Gasteiger partial charge in [-0.2, -0.15) is 0 Å². The Bertz CT molecular complexity index is 1030. The van der Waals surface area contributed by atoms with E-state index in [0.717, 1.165) is 32.6 Å². The van der Waals surface area contributed by atoms with Crippen molar-refractivity contribution in [3.8, 4) is 10.6 Å². The van der Waals surface area contributed by atoms with E-state index in [4.69, 9.17) is 4.74 Å². The first-order valence-electron chi connectivity index (χ1n) is 8.72. The summed E-state index contributed by atoms with van der Waals surface area (Å²) < 4.78 is 4.98. The van der Waals surface area contributed by atoms with Crippen LogP contribution in [0.4, 0.5) is 5.13 Å². The van der Waals surface area contributed by atoms with Crippen LogP contribution in [0.15, 0.2) is 17.2 Å². The molecule has 1 N–H and O–H groups in total. The summed E-state index contributed by atoms with van der Waals surface area (Å²) in [6.45, 7) is 7.63. The van der Waals surface area contributed by atoms with Crippen LogP contribution in [0.2, 0.25) is 0 Å². The lowest BCUT2D eigenvalue weighted by Gasteiger charge is -2.02. The second-order valence-corrected chi connectivity index (χ2v) is 9.09. The Morgan fingerprint density at radius 3 is 2.52 bits per heavy atom. The Labute approximate surface area is 180 Å². The first-order valence-corrected chi connectivity index (χ1v) is 11.3. The molecule has 3 aromatic heterocycles. The van der Waals surface area contributed by atoms with Crippen molar-refractivity contribution in [3.05, 3.63) is 33.4 Å². The fourth-order valence-electron chi connectivity index (χ4n) is 2.42. The van der Waals surface area contributed by atoms with E-state index in [1.165, 1.54) is 11.8 Å². The number of thiazole rings is 2. The van der Waals surface area contributed by atoms with Crippen molar-refractivity contribution in [1.82, 2.24) is 20.2 Å². The summed E-state index contributed by atoms with van der Waals surface area (Å²) in [5, 5.41) is 13.1. The minimum atomic E-state index is -0.431. The van der Waals surface area contributed by atoms with Crippen molar-refractivity contribution < 1.29 is 14.3 Å². The third-order valence-corrected chi connectivity index (χ3v) is 6.70. The van der Waals surface area contributed by atoms with Crippen LogP contribution in [0.5, 0.6) is 0 Å². The number of amides is 1. The highest BCUT2D eigenvalue weighted by atomic mass is 32.2. The van der Waals surface area contributed by atoms with Gasteiger partial charge in [-0.15, -0.1) is 21.5 Å². The van der Waals surface area contributed by atoms with Crippen LogP contribution in [0.1, 0.15) is 33.0 Å². The topological polar surface area (TPSA) is 107 Å². The Kier molecular flexibility index (Phi) is 6.93. The number of hydrogen-bond acceptors (Lipinski definition) is 10. The molecule has 0 spiro atoms. The molecule has 3 heterocycles. The summed E-state index contributed by atoms with van der Waals surface area (Å²) in [6.07, 6.45) is 0. The maximum Gasteiger partial charge on any atom is 0.350 e. The molecule has 0 unspecified atom stereocenters. The third-order valence-electron chi connectivity index (χ3n) is 3.63. The molecule has 0 aliphatic rings. The van der Waals surface area contributed by atoms with Crippen LogP contribution in [-0.2, 0) is 9.53 Å². The van der Waals surface area contributed by atoms with Gasteiger partial charge in [0.25, 0.3) is 0 Å². The van der Waals surface area contributed by atoms with Crippen molar-refractivity contribution in [3.63, 3.8) is 0 Å². The zero-order valence-electron chi connectivity index (χ0n) is 16.3. The summed E-state index contributed by atoms with van der Waals surface area (Å²) in [4.78, 5) is 34.0. The van der Waals surface area contributed by atoms with Gasteiger partial charge in [-0.1, -0.05) is 23.1 Å². The van der Waals surface area contributed by atoms with E-state index in [1.54, 1.807) is 25.2 Å². The van der Waals surface area contributed by atoms with Crippen LogP contribution >= 0.6 is 34.4 Å². The molecule has 0 bridgehead atoms. The lowest BCUT2D eigenvalue weighted by atomic mass is 10.3. The minimum absolute atomic E-state index is 0.153. The number of anilines is 1. The molecule has 0 saturated heterocycles. The number of carbonyl (C=O) groups excluding carboxylic acids is 2. The Morgan fingerprint density at radius 1 is 1.10 bits per heavy atom. The Morgan fingerprint density at radius 2 is 1.90 bits per heavy atom. The second kappa shape index (κ2) is 9.42. The summed E-state index contributed by atoms with van der Waals surface area (Å²) in [5.41, 5.74) is 2.24. The van der Waals surface area contributed by atoms with E-state index < -0.39 is 5.97 Å². The summed E-state index contributed by atoms with van der Waals surface area (Å²) in [6, 6.07) is 3.71. The van der Waals surface area contributed by atoms with Gasteiger partial charge in [-0.05, 0) is 39.8 Å². The maximum absolute atomic E-state index is 12.2. The molecule has 0 radical (unpaired) electrons. The van der Waals surface area contributed by atoms with Gasteiger partial charge in [0.05, 0.1) is 33.6 Å². The number of ether oxygens (including phenoxy) is 1. The second-order valence-electron chi connectivity index (χ2n) is 5.90. The third kappa shape index (κ3) is 5.37. The van der Waals surface area contributed by atoms with Crippen molar-refractivity contribution in [1.29, 1.82) is 0 Å². The monoisotopic (exact) mass is 449 g/mol. The van der Waals surface area contributed by atoms with Crippen LogP contribution in [0.3, 0.4) is 0 Å². The molecular formula is C18H19N5O3S3. The Balaban J connectivity index is 1.56. The van der Waals surface area contributed by atoms with Gasteiger partial charge in [-0.3, -0.25) is 4.79 Å². The largest absolute Gasteiger partial charge is 0.462 e. The first-order chi connectivity index (χ1) is 13.9. The van der Waals surface area contributed by atoms with Gasteiger partial charge in [0.2, 0.25) is 5.91 Å². The zero-order valence-corrected chi connectivity index (χ0v) is 18.8. The van der Waals surface area contributed by atoms with Crippen molar-refractivity contribution in [2.75, 3.05) is 17.7 Å². The molecule has 8 nitrogen and oxygen atoms in total. The van der Waals surface area contributed by atoms with E-state index in [1.807, 2.05) is 26.0 Å². The van der Waals surface area contributed by atoms with Gasteiger partial charge < -0.3 is 10.1 Å². The summed E-state index contributed by atoms with van der Waals surface area (Å²) in [7, 11) is 0. The SMILES string of the molecule is CCOC(=O)c1sc(NC(=O)CSc2ccc(-c3sc(C)nc3C)nn2)nc1C. The minimum Gasteiger partial charge on any atom is -0.462 e. The van der Waals surface area contributed by atoms with Gasteiger partial charge in [-0.25, -0.2) is 14.8 Å². The lowest BCUT2D eigenvalue weighted by Crippen LogP contribution is -2.14. The van der Waals surface area contributed by atoms with Crippen LogP contribution in [-0.4, -0.2) is 44.4 Å². The number of esters is 1. The molecule has 0 aromatic carbocycles. The number of aromatic nitrogens is 4. The van der Waals surface area contributed by atoms with Crippen molar-refractivity contribution in [2.24, 2.45) is 0 Å². The molecule has 152 valence electrons. The lowest BCUT2D eigenvalue weighted by molar-refractivity contribution is -0.113. The molecule has 3 rings (SSSR count). The van der Waals surface area contributed by atoms with Gasteiger partial charge in [0.1, 0.15) is 15.6 Å². The maximum atomic E-state index is 12.2. The fraction of sp³-hybridized carbons (Fsp3) is 0.333. The molecule has 0 fully saturated rings. The van der Waals surface area contributed by atoms with Crippen molar-refractivity contribution in [2.45, 2.75) is 32.7 Å². The molecule has 0 aliphatic heterocycles. The number of thioether (sulfide) groups is 1. The molecule has 0 atom stereocenters. The van der Waals surface area contributed by atoms with E-state index in [9.17, 15) is 9.59 Å². The smallest absolute Gasteiger partial charge is 0.350 e. The normalized spacial score (nSPS) is 10.8. The number of hydrogen-bond donors (Lipinski definition) is 1. The standard InChI is InChI=1S/C18H19N5O3S3/c1-5-26-17(25)16-10(3)20-18(29-16)21-13(24)8-27-14-7-6-12(22-23-14)15-9(2)19-11(4)28-15/h6-7H,5,8H2,1-4H3,(H,20,21,24). The molecule has 0 saturated carbocycles. The number of aryl methyl sites for hydroxylation is 3. The molecule has 1 amide bonds. The van der Waals surface area contributed by atoms with Crippen LogP contribution < -0.4 is 5.32 Å². The first kappa shape index (κ1) is 21.3. The van der Waals surface area contributed by atoms with Crippen LogP contribution in [0.25, 0.3) is 10.6 Å². The van der Waals surface area contributed by atoms with Gasteiger partial charge in [0.15, 0.2) is 5.13 Å².